The van der Waals surface area contributed by atoms with Crippen LogP contribution in [0.15, 0.2) is 48.5 Å². The number of nitrogens with one attached hydrogen (secondary N) is 3. The molecule has 0 unspecified atom stereocenters. The fourth-order valence-corrected chi connectivity index (χ4v) is 2.54. The van der Waals surface area contributed by atoms with E-state index in [1.807, 2.05) is 6.07 Å². The molecule has 0 aliphatic carbocycles. The van der Waals surface area contributed by atoms with Crippen molar-refractivity contribution in [2.75, 3.05) is 17.2 Å². The topological polar surface area (TPSA) is 94.0 Å². The van der Waals surface area contributed by atoms with Gasteiger partial charge in [-0.3, -0.25) is 4.79 Å². The lowest BCUT2D eigenvalue weighted by Gasteiger charge is -2.10. The molecule has 6 nitrogen and oxygen atoms in total. The van der Waals surface area contributed by atoms with E-state index in [2.05, 4.69) is 22.9 Å². The Labute approximate surface area is 159 Å². The standard InChI is InChI=1S/C21H24N4O2/c1-2-3-4-5-12-23-21(27)25-19-11-7-9-17(14-19)20(26)24-18-10-6-8-16(13-18)15-22/h6-11,13-14H,2-5,12H2,1H3,(H,24,26)(H2,23,25,27). The zero-order valence-electron chi connectivity index (χ0n) is 15.4. The molecular formula is C21H24N4O2. The minimum absolute atomic E-state index is 0.286. The van der Waals surface area contributed by atoms with Crippen molar-refractivity contribution in [2.24, 2.45) is 0 Å². The van der Waals surface area contributed by atoms with Crippen molar-refractivity contribution in [3.05, 3.63) is 59.7 Å². The third-order valence-corrected chi connectivity index (χ3v) is 3.95. The molecule has 0 bridgehead atoms. The second-order valence-corrected chi connectivity index (χ2v) is 6.17. The molecule has 0 atom stereocenters. The maximum atomic E-state index is 12.4. The molecule has 3 amide bonds. The van der Waals surface area contributed by atoms with Gasteiger partial charge in [0.05, 0.1) is 11.6 Å². The van der Waals surface area contributed by atoms with E-state index in [4.69, 9.17) is 5.26 Å². The van der Waals surface area contributed by atoms with Gasteiger partial charge in [0.1, 0.15) is 0 Å². The Morgan fingerprint density at radius 2 is 1.70 bits per heavy atom. The molecule has 2 aromatic carbocycles. The molecule has 0 saturated carbocycles. The first-order chi connectivity index (χ1) is 13.1. The smallest absolute Gasteiger partial charge is 0.319 e. The predicted molar refractivity (Wildman–Crippen MR) is 107 cm³/mol. The number of carbonyl (C=O) groups is 2. The van der Waals surface area contributed by atoms with Gasteiger partial charge in [-0.2, -0.15) is 5.26 Å². The first-order valence-electron chi connectivity index (χ1n) is 9.09. The van der Waals surface area contributed by atoms with Crippen LogP contribution in [0.25, 0.3) is 0 Å². The van der Waals surface area contributed by atoms with Crippen LogP contribution < -0.4 is 16.0 Å². The first kappa shape index (κ1) is 20.0. The van der Waals surface area contributed by atoms with Crippen LogP contribution in [0, 0.1) is 11.3 Å². The maximum Gasteiger partial charge on any atom is 0.319 e. The van der Waals surface area contributed by atoms with Gasteiger partial charge in [-0.15, -0.1) is 0 Å². The Bertz CT molecular complexity index is 827. The second-order valence-electron chi connectivity index (χ2n) is 6.17. The van der Waals surface area contributed by atoms with Gasteiger partial charge < -0.3 is 16.0 Å². The summed E-state index contributed by atoms with van der Waals surface area (Å²) >= 11 is 0. The molecule has 0 spiro atoms. The van der Waals surface area contributed by atoms with E-state index >= 15 is 0 Å². The van der Waals surface area contributed by atoms with Gasteiger partial charge in [0.2, 0.25) is 0 Å². The molecule has 0 radical (unpaired) electrons. The molecule has 0 fully saturated rings. The fourth-order valence-electron chi connectivity index (χ4n) is 2.54. The van der Waals surface area contributed by atoms with Crippen molar-refractivity contribution in [1.82, 2.24) is 5.32 Å². The number of hydrogen-bond acceptors (Lipinski definition) is 3. The van der Waals surface area contributed by atoms with Crippen LogP contribution in [0.2, 0.25) is 0 Å². The number of unbranched alkanes of at least 4 members (excludes halogenated alkanes) is 3. The number of nitrogens with zero attached hydrogens (tertiary/aromatic N) is 1. The maximum absolute atomic E-state index is 12.4. The molecule has 2 aromatic rings. The van der Waals surface area contributed by atoms with Gasteiger partial charge in [-0.1, -0.05) is 38.3 Å². The van der Waals surface area contributed by atoms with E-state index in [0.29, 0.717) is 29.0 Å². The summed E-state index contributed by atoms with van der Waals surface area (Å²) in [4.78, 5) is 24.3. The zero-order chi connectivity index (χ0) is 19.5. The summed E-state index contributed by atoms with van der Waals surface area (Å²) in [6, 6.07) is 15.1. The number of hydrogen-bond donors (Lipinski definition) is 3. The number of benzene rings is 2. The number of anilines is 2. The Hall–Kier alpha value is -3.33. The minimum atomic E-state index is -0.311. The van der Waals surface area contributed by atoms with E-state index in [1.165, 1.54) is 0 Å². The molecule has 0 aliphatic heterocycles. The highest BCUT2D eigenvalue weighted by molar-refractivity contribution is 6.05. The summed E-state index contributed by atoms with van der Waals surface area (Å²) in [6.45, 7) is 2.77. The molecule has 140 valence electrons. The first-order valence-corrected chi connectivity index (χ1v) is 9.09. The van der Waals surface area contributed by atoms with Gasteiger partial charge in [-0.25, -0.2) is 4.79 Å². The van der Waals surface area contributed by atoms with Gasteiger partial charge in [0.15, 0.2) is 0 Å². The lowest BCUT2D eigenvalue weighted by atomic mass is 10.1. The van der Waals surface area contributed by atoms with Crippen molar-refractivity contribution in [3.8, 4) is 6.07 Å². The van der Waals surface area contributed by atoms with Crippen LogP contribution in [0.5, 0.6) is 0 Å². The number of nitriles is 1. The van der Waals surface area contributed by atoms with Crippen molar-refractivity contribution >= 4 is 23.3 Å². The molecular weight excluding hydrogens is 340 g/mol. The number of carbonyl (C=O) groups excluding carboxylic acids is 2. The lowest BCUT2D eigenvalue weighted by Crippen LogP contribution is -2.29. The zero-order valence-corrected chi connectivity index (χ0v) is 15.4. The van der Waals surface area contributed by atoms with E-state index in [9.17, 15) is 9.59 Å². The van der Waals surface area contributed by atoms with Gasteiger partial charge in [0.25, 0.3) is 5.91 Å². The Morgan fingerprint density at radius 1 is 0.963 bits per heavy atom. The Balaban J connectivity index is 1.91. The SMILES string of the molecule is CCCCCCNC(=O)Nc1cccc(C(=O)Nc2cccc(C#N)c2)c1. The second kappa shape index (κ2) is 10.6. The van der Waals surface area contributed by atoms with Crippen LogP contribution in [-0.2, 0) is 0 Å². The largest absolute Gasteiger partial charge is 0.338 e. The van der Waals surface area contributed by atoms with Gasteiger partial charge in [0, 0.05) is 23.5 Å². The van der Waals surface area contributed by atoms with Crippen LogP contribution >= 0.6 is 0 Å². The monoisotopic (exact) mass is 364 g/mol. The van der Waals surface area contributed by atoms with Crippen LogP contribution in [0.1, 0.15) is 48.5 Å². The number of rotatable bonds is 8. The highest BCUT2D eigenvalue weighted by atomic mass is 16.2. The summed E-state index contributed by atoms with van der Waals surface area (Å²) in [7, 11) is 0. The van der Waals surface area contributed by atoms with Crippen molar-refractivity contribution in [2.45, 2.75) is 32.6 Å². The molecule has 0 saturated heterocycles. The van der Waals surface area contributed by atoms with E-state index < -0.39 is 0 Å². The molecule has 0 aromatic heterocycles. The molecule has 27 heavy (non-hydrogen) atoms. The highest BCUT2D eigenvalue weighted by Gasteiger charge is 2.08. The summed E-state index contributed by atoms with van der Waals surface area (Å²) in [5, 5.41) is 17.2. The average Bonchev–Trinajstić information content (AvgIpc) is 2.68. The minimum Gasteiger partial charge on any atom is -0.338 e. The number of amides is 3. The third-order valence-electron chi connectivity index (χ3n) is 3.95. The Morgan fingerprint density at radius 3 is 2.44 bits per heavy atom. The third kappa shape index (κ3) is 6.83. The number of urea groups is 1. The van der Waals surface area contributed by atoms with Crippen molar-refractivity contribution in [3.63, 3.8) is 0 Å². The highest BCUT2D eigenvalue weighted by Crippen LogP contribution is 2.15. The average molecular weight is 364 g/mol. The van der Waals surface area contributed by atoms with Crippen LogP contribution in [0.4, 0.5) is 16.2 Å². The van der Waals surface area contributed by atoms with Gasteiger partial charge in [-0.05, 0) is 42.8 Å². The summed E-state index contributed by atoms with van der Waals surface area (Å²) in [6.07, 6.45) is 4.37. The van der Waals surface area contributed by atoms with Crippen molar-refractivity contribution in [1.29, 1.82) is 5.26 Å². The Kier molecular flexibility index (Phi) is 7.86. The molecule has 6 heteroatoms. The quantitative estimate of drug-likeness (QED) is 0.601. The van der Waals surface area contributed by atoms with Crippen LogP contribution in [0.3, 0.4) is 0 Å². The molecule has 2 rings (SSSR count). The predicted octanol–water partition coefficient (Wildman–Crippen LogP) is 4.51. The van der Waals surface area contributed by atoms with Crippen molar-refractivity contribution < 1.29 is 9.59 Å². The van der Waals surface area contributed by atoms with E-state index in [1.54, 1.807) is 48.5 Å². The summed E-state index contributed by atoms with van der Waals surface area (Å²) < 4.78 is 0. The molecule has 0 heterocycles. The van der Waals surface area contributed by atoms with E-state index in [-0.39, 0.29) is 11.9 Å². The fraction of sp³-hybridized carbons (Fsp3) is 0.286. The molecule has 3 N–H and O–H groups in total. The molecule has 0 aliphatic rings. The summed E-state index contributed by atoms with van der Waals surface area (Å²) in [5.74, 6) is -0.311. The van der Waals surface area contributed by atoms with Gasteiger partial charge >= 0.3 is 6.03 Å². The normalized spacial score (nSPS) is 9.93. The van der Waals surface area contributed by atoms with Crippen LogP contribution in [-0.4, -0.2) is 18.5 Å². The lowest BCUT2D eigenvalue weighted by molar-refractivity contribution is 0.102. The van der Waals surface area contributed by atoms with E-state index in [0.717, 1.165) is 25.7 Å². The summed E-state index contributed by atoms with van der Waals surface area (Å²) in [5.41, 5.74) is 1.97.